The van der Waals surface area contributed by atoms with E-state index in [9.17, 15) is 4.79 Å². The number of nitrogens with zero attached hydrogens (tertiary/aromatic N) is 2. The normalized spacial score (nSPS) is 10.0. The Morgan fingerprint density at radius 3 is 3.07 bits per heavy atom. The van der Waals surface area contributed by atoms with E-state index in [4.69, 9.17) is 0 Å². The molecule has 0 aliphatic rings. The lowest BCUT2D eigenvalue weighted by atomic mass is 10.1. The zero-order valence-electron chi connectivity index (χ0n) is 7.47. The fraction of sp³-hybridized carbons (Fsp3) is 0.100. The molecule has 1 N–H and O–H groups in total. The minimum Gasteiger partial charge on any atom is -0.313 e. The topological polar surface area (TPSA) is 58.6 Å². The summed E-state index contributed by atoms with van der Waals surface area (Å²) in [6, 6.07) is 5.31. The summed E-state index contributed by atoms with van der Waals surface area (Å²) < 4.78 is 0. The lowest BCUT2D eigenvalue weighted by Crippen LogP contribution is -2.07. The van der Waals surface area contributed by atoms with Crippen LogP contribution in [0.25, 0.3) is 0 Å². The third-order valence-corrected chi connectivity index (χ3v) is 1.84. The summed E-state index contributed by atoms with van der Waals surface area (Å²) in [5.41, 5.74) is 1.67. The van der Waals surface area contributed by atoms with Crippen molar-refractivity contribution in [1.29, 1.82) is 0 Å². The SMILES string of the molecule is O=c1cc(Cc2cccnc2)nc[nH]1. The molecule has 0 radical (unpaired) electrons. The number of aromatic nitrogens is 3. The number of nitrogens with one attached hydrogen (secondary N) is 1. The van der Waals surface area contributed by atoms with Crippen molar-refractivity contribution in [2.75, 3.05) is 0 Å². The van der Waals surface area contributed by atoms with Gasteiger partial charge < -0.3 is 4.98 Å². The van der Waals surface area contributed by atoms with Crippen molar-refractivity contribution < 1.29 is 0 Å². The highest BCUT2D eigenvalue weighted by Gasteiger charge is 1.97. The van der Waals surface area contributed by atoms with Gasteiger partial charge in [0.05, 0.1) is 12.0 Å². The van der Waals surface area contributed by atoms with Gasteiger partial charge in [-0.15, -0.1) is 0 Å². The number of hydrogen-bond acceptors (Lipinski definition) is 3. The first-order chi connectivity index (χ1) is 6.84. The van der Waals surface area contributed by atoms with E-state index >= 15 is 0 Å². The van der Waals surface area contributed by atoms with E-state index in [2.05, 4.69) is 15.0 Å². The Balaban J connectivity index is 2.24. The lowest BCUT2D eigenvalue weighted by Gasteiger charge is -1.98. The van der Waals surface area contributed by atoms with Crippen LogP contribution in [0.15, 0.2) is 41.7 Å². The van der Waals surface area contributed by atoms with Crippen LogP contribution in [0.3, 0.4) is 0 Å². The van der Waals surface area contributed by atoms with Crippen molar-refractivity contribution in [2.24, 2.45) is 0 Å². The monoisotopic (exact) mass is 187 g/mol. The lowest BCUT2D eigenvalue weighted by molar-refractivity contribution is 0.997. The van der Waals surface area contributed by atoms with Gasteiger partial charge in [0.15, 0.2) is 0 Å². The second-order valence-electron chi connectivity index (χ2n) is 2.94. The van der Waals surface area contributed by atoms with Gasteiger partial charge >= 0.3 is 0 Å². The molecule has 0 saturated carbocycles. The van der Waals surface area contributed by atoms with Crippen LogP contribution in [0, 0.1) is 0 Å². The van der Waals surface area contributed by atoms with Gasteiger partial charge in [-0.25, -0.2) is 4.98 Å². The highest BCUT2D eigenvalue weighted by Crippen LogP contribution is 2.02. The summed E-state index contributed by atoms with van der Waals surface area (Å²) in [6.45, 7) is 0. The molecule has 4 heteroatoms. The van der Waals surface area contributed by atoms with Crippen molar-refractivity contribution in [2.45, 2.75) is 6.42 Å². The van der Waals surface area contributed by atoms with Gasteiger partial charge in [-0.1, -0.05) is 6.07 Å². The van der Waals surface area contributed by atoms with Crippen LogP contribution in [0.2, 0.25) is 0 Å². The molecule has 0 unspecified atom stereocenters. The van der Waals surface area contributed by atoms with E-state index in [0.717, 1.165) is 11.3 Å². The van der Waals surface area contributed by atoms with Crippen molar-refractivity contribution in [1.82, 2.24) is 15.0 Å². The van der Waals surface area contributed by atoms with Crippen molar-refractivity contribution >= 4 is 0 Å². The van der Waals surface area contributed by atoms with Crippen molar-refractivity contribution in [3.05, 3.63) is 58.5 Å². The highest BCUT2D eigenvalue weighted by molar-refractivity contribution is 5.16. The van der Waals surface area contributed by atoms with E-state index in [1.54, 1.807) is 12.4 Å². The molecular weight excluding hydrogens is 178 g/mol. The molecule has 0 amide bonds. The van der Waals surface area contributed by atoms with Crippen LogP contribution in [0.4, 0.5) is 0 Å². The Labute approximate surface area is 80.7 Å². The zero-order valence-corrected chi connectivity index (χ0v) is 7.47. The molecule has 0 spiro atoms. The van der Waals surface area contributed by atoms with Gasteiger partial charge in [-0.05, 0) is 11.6 Å². The maximum atomic E-state index is 11.0. The summed E-state index contributed by atoms with van der Waals surface area (Å²) in [6.07, 6.45) is 5.53. The molecule has 2 aromatic rings. The van der Waals surface area contributed by atoms with Crippen LogP contribution < -0.4 is 5.56 Å². The van der Waals surface area contributed by atoms with Crippen molar-refractivity contribution in [3.8, 4) is 0 Å². The first-order valence-electron chi connectivity index (χ1n) is 4.27. The van der Waals surface area contributed by atoms with E-state index in [-0.39, 0.29) is 5.56 Å². The Morgan fingerprint density at radius 1 is 1.43 bits per heavy atom. The minimum absolute atomic E-state index is 0.126. The summed E-state index contributed by atoms with van der Waals surface area (Å²) >= 11 is 0. The molecular formula is C10H9N3O. The van der Waals surface area contributed by atoms with E-state index in [1.165, 1.54) is 12.4 Å². The van der Waals surface area contributed by atoms with Gasteiger partial charge in [0.2, 0.25) is 0 Å². The number of H-pyrrole nitrogens is 1. The third-order valence-electron chi connectivity index (χ3n) is 1.84. The van der Waals surface area contributed by atoms with Gasteiger partial charge in [0.25, 0.3) is 5.56 Å². The molecule has 0 saturated heterocycles. The maximum absolute atomic E-state index is 11.0. The molecule has 0 aliphatic heterocycles. The Morgan fingerprint density at radius 2 is 2.36 bits per heavy atom. The molecule has 2 rings (SSSR count). The van der Waals surface area contributed by atoms with Gasteiger partial charge in [0.1, 0.15) is 0 Å². The molecule has 70 valence electrons. The predicted octanol–water partition coefficient (Wildman–Crippen LogP) is 0.756. The van der Waals surface area contributed by atoms with Crippen molar-refractivity contribution in [3.63, 3.8) is 0 Å². The van der Waals surface area contributed by atoms with E-state index < -0.39 is 0 Å². The van der Waals surface area contributed by atoms with Gasteiger partial charge in [0, 0.05) is 24.9 Å². The van der Waals surface area contributed by atoms with Gasteiger partial charge in [-0.2, -0.15) is 0 Å². The predicted molar refractivity (Wildman–Crippen MR) is 51.9 cm³/mol. The average Bonchev–Trinajstić information content (AvgIpc) is 2.19. The quantitative estimate of drug-likeness (QED) is 0.754. The van der Waals surface area contributed by atoms with Gasteiger partial charge in [-0.3, -0.25) is 9.78 Å². The van der Waals surface area contributed by atoms with Crippen LogP contribution in [0.5, 0.6) is 0 Å². The molecule has 0 aromatic carbocycles. The molecule has 4 nitrogen and oxygen atoms in total. The van der Waals surface area contributed by atoms with E-state index in [1.807, 2.05) is 12.1 Å². The molecule has 2 aromatic heterocycles. The third kappa shape index (κ3) is 2.04. The fourth-order valence-corrected chi connectivity index (χ4v) is 1.22. The second kappa shape index (κ2) is 3.83. The Hall–Kier alpha value is -1.97. The highest BCUT2D eigenvalue weighted by atomic mass is 16.1. The zero-order chi connectivity index (χ0) is 9.80. The number of hydrogen-bond donors (Lipinski definition) is 1. The number of aromatic amines is 1. The standard InChI is InChI=1S/C10H9N3O/c14-10-5-9(12-7-13-10)4-8-2-1-3-11-6-8/h1-3,5-7H,4H2,(H,12,13,14). The van der Waals surface area contributed by atoms with Crippen LogP contribution in [0.1, 0.15) is 11.3 Å². The molecule has 0 bridgehead atoms. The maximum Gasteiger partial charge on any atom is 0.250 e. The van der Waals surface area contributed by atoms with E-state index in [0.29, 0.717) is 6.42 Å². The Kier molecular flexibility index (Phi) is 2.36. The summed E-state index contributed by atoms with van der Waals surface area (Å²) in [5.74, 6) is 0. The molecule has 0 atom stereocenters. The van der Waals surface area contributed by atoms with Crippen LogP contribution >= 0.6 is 0 Å². The minimum atomic E-state index is -0.126. The fourth-order valence-electron chi connectivity index (χ4n) is 1.22. The molecule has 14 heavy (non-hydrogen) atoms. The first kappa shape index (κ1) is 8.62. The summed E-state index contributed by atoms with van der Waals surface area (Å²) in [7, 11) is 0. The first-order valence-corrected chi connectivity index (χ1v) is 4.27. The second-order valence-corrected chi connectivity index (χ2v) is 2.94. The Bertz CT molecular complexity index is 464. The largest absolute Gasteiger partial charge is 0.313 e. The average molecular weight is 187 g/mol. The van der Waals surface area contributed by atoms with Crippen LogP contribution in [-0.2, 0) is 6.42 Å². The molecule has 2 heterocycles. The van der Waals surface area contributed by atoms with Crippen LogP contribution in [-0.4, -0.2) is 15.0 Å². The molecule has 0 aliphatic carbocycles. The summed E-state index contributed by atoms with van der Waals surface area (Å²) in [4.78, 5) is 21.5. The smallest absolute Gasteiger partial charge is 0.250 e. The number of pyridine rings is 1. The summed E-state index contributed by atoms with van der Waals surface area (Å²) in [5, 5.41) is 0. The molecule has 0 fully saturated rings. The number of rotatable bonds is 2.